The number of phenols is 1. The number of para-hydroxylation sites is 2. The van der Waals surface area contributed by atoms with Crippen molar-refractivity contribution in [2.75, 3.05) is 29.4 Å². The summed E-state index contributed by atoms with van der Waals surface area (Å²) in [6, 6.07) is 10.7. The Hall–Kier alpha value is -2.56. The lowest BCUT2D eigenvalue weighted by atomic mass is 10.2. The van der Waals surface area contributed by atoms with Crippen LogP contribution in [0.3, 0.4) is 0 Å². The SMILES string of the molecule is O=C1CN(c2ccncc2)CCN1c1ccccc1O. The van der Waals surface area contributed by atoms with Gasteiger partial charge < -0.3 is 14.9 Å². The quantitative estimate of drug-likeness (QED) is 0.900. The summed E-state index contributed by atoms with van der Waals surface area (Å²) in [6.45, 7) is 1.58. The number of amides is 1. The highest BCUT2D eigenvalue weighted by atomic mass is 16.3. The number of nitrogens with zero attached hydrogens (tertiary/aromatic N) is 3. The number of aromatic nitrogens is 1. The number of rotatable bonds is 2. The molecule has 2 heterocycles. The molecule has 2 aromatic rings. The van der Waals surface area contributed by atoms with Crippen LogP contribution in [-0.2, 0) is 4.79 Å². The molecular formula is C15H15N3O2. The first kappa shape index (κ1) is 12.5. The van der Waals surface area contributed by atoms with Crippen LogP contribution in [0.5, 0.6) is 5.75 Å². The van der Waals surface area contributed by atoms with Gasteiger partial charge in [0, 0.05) is 31.2 Å². The molecule has 1 fully saturated rings. The van der Waals surface area contributed by atoms with Crippen LogP contribution in [0.15, 0.2) is 48.8 Å². The van der Waals surface area contributed by atoms with Crippen LogP contribution >= 0.6 is 0 Å². The summed E-state index contributed by atoms with van der Waals surface area (Å²) in [6.07, 6.45) is 3.43. The van der Waals surface area contributed by atoms with Gasteiger partial charge in [0.1, 0.15) is 5.75 Å². The summed E-state index contributed by atoms with van der Waals surface area (Å²) in [4.78, 5) is 19.9. The molecule has 0 bridgehead atoms. The predicted octanol–water partition coefficient (Wildman–Crippen LogP) is 1.64. The molecular weight excluding hydrogens is 254 g/mol. The van der Waals surface area contributed by atoms with Gasteiger partial charge in [0.15, 0.2) is 0 Å². The molecule has 0 spiro atoms. The number of aromatic hydroxyl groups is 1. The van der Waals surface area contributed by atoms with E-state index in [2.05, 4.69) is 4.98 Å². The van der Waals surface area contributed by atoms with Gasteiger partial charge in [0.25, 0.3) is 0 Å². The van der Waals surface area contributed by atoms with Crippen molar-refractivity contribution >= 4 is 17.3 Å². The molecule has 1 aliphatic heterocycles. The number of carbonyl (C=O) groups excluding carboxylic acids is 1. The number of hydrogen-bond acceptors (Lipinski definition) is 4. The number of pyridine rings is 1. The van der Waals surface area contributed by atoms with E-state index in [9.17, 15) is 9.90 Å². The van der Waals surface area contributed by atoms with Crippen LogP contribution in [0.25, 0.3) is 0 Å². The Bertz CT molecular complexity index is 616. The van der Waals surface area contributed by atoms with E-state index < -0.39 is 0 Å². The van der Waals surface area contributed by atoms with Gasteiger partial charge in [-0.05, 0) is 24.3 Å². The van der Waals surface area contributed by atoms with Crippen LogP contribution in [0.4, 0.5) is 11.4 Å². The summed E-state index contributed by atoms with van der Waals surface area (Å²) < 4.78 is 0. The molecule has 102 valence electrons. The lowest BCUT2D eigenvalue weighted by molar-refractivity contribution is -0.117. The molecule has 1 aromatic heterocycles. The van der Waals surface area contributed by atoms with E-state index >= 15 is 0 Å². The molecule has 1 saturated heterocycles. The molecule has 5 heteroatoms. The van der Waals surface area contributed by atoms with Crippen LogP contribution < -0.4 is 9.80 Å². The van der Waals surface area contributed by atoms with Crippen molar-refractivity contribution in [3.63, 3.8) is 0 Å². The Morgan fingerprint density at radius 1 is 1.05 bits per heavy atom. The Balaban J connectivity index is 1.78. The minimum atomic E-state index is -0.0189. The normalized spacial score (nSPS) is 15.5. The number of benzene rings is 1. The second-order valence-electron chi connectivity index (χ2n) is 4.66. The van der Waals surface area contributed by atoms with Gasteiger partial charge in [-0.15, -0.1) is 0 Å². The van der Waals surface area contributed by atoms with E-state index in [1.807, 2.05) is 23.1 Å². The van der Waals surface area contributed by atoms with E-state index in [1.54, 1.807) is 35.5 Å². The number of phenolic OH excluding ortho intramolecular Hbond substituents is 1. The molecule has 0 unspecified atom stereocenters. The van der Waals surface area contributed by atoms with Gasteiger partial charge in [-0.2, -0.15) is 0 Å². The van der Waals surface area contributed by atoms with Gasteiger partial charge in [-0.25, -0.2) is 0 Å². The summed E-state index contributed by atoms with van der Waals surface area (Å²) in [7, 11) is 0. The van der Waals surface area contributed by atoms with Crippen molar-refractivity contribution in [2.45, 2.75) is 0 Å². The van der Waals surface area contributed by atoms with Crippen LogP contribution in [-0.4, -0.2) is 35.6 Å². The highest BCUT2D eigenvalue weighted by Crippen LogP contribution is 2.28. The molecule has 5 nitrogen and oxygen atoms in total. The molecule has 1 aromatic carbocycles. The molecule has 1 N–H and O–H groups in total. The fourth-order valence-electron chi connectivity index (χ4n) is 2.40. The number of anilines is 2. The van der Waals surface area contributed by atoms with Crippen molar-refractivity contribution in [1.82, 2.24) is 4.98 Å². The monoisotopic (exact) mass is 269 g/mol. The minimum absolute atomic E-state index is 0.0189. The average molecular weight is 269 g/mol. The molecule has 3 rings (SSSR count). The van der Waals surface area contributed by atoms with Crippen molar-refractivity contribution in [2.24, 2.45) is 0 Å². The third-order valence-corrected chi connectivity index (χ3v) is 3.42. The fourth-order valence-corrected chi connectivity index (χ4v) is 2.40. The van der Waals surface area contributed by atoms with Gasteiger partial charge in [-0.3, -0.25) is 9.78 Å². The van der Waals surface area contributed by atoms with Crippen molar-refractivity contribution in [1.29, 1.82) is 0 Å². The number of piperazine rings is 1. The standard InChI is InChI=1S/C15H15N3O2/c19-14-4-2-1-3-13(14)18-10-9-17(11-15(18)20)12-5-7-16-8-6-12/h1-8,19H,9-11H2. The van der Waals surface area contributed by atoms with Gasteiger partial charge >= 0.3 is 0 Å². The molecule has 0 saturated carbocycles. The lowest BCUT2D eigenvalue weighted by Gasteiger charge is -2.35. The first-order valence-corrected chi connectivity index (χ1v) is 6.49. The zero-order chi connectivity index (χ0) is 13.9. The molecule has 0 atom stereocenters. The molecule has 20 heavy (non-hydrogen) atoms. The third kappa shape index (κ3) is 2.30. The molecule has 1 amide bonds. The predicted molar refractivity (Wildman–Crippen MR) is 76.9 cm³/mol. The summed E-state index contributed by atoms with van der Waals surface area (Å²) in [5.74, 6) is 0.118. The Morgan fingerprint density at radius 3 is 2.50 bits per heavy atom. The van der Waals surface area contributed by atoms with E-state index in [-0.39, 0.29) is 11.7 Å². The molecule has 0 radical (unpaired) electrons. The largest absolute Gasteiger partial charge is 0.506 e. The van der Waals surface area contributed by atoms with E-state index in [4.69, 9.17) is 0 Å². The van der Waals surface area contributed by atoms with Crippen molar-refractivity contribution in [3.8, 4) is 5.75 Å². The molecule has 0 aliphatic carbocycles. The van der Waals surface area contributed by atoms with Crippen molar-refractivity contribution < 1.29 is 9.90 Å². The zero-order valence-electron chi connectivity index (χ0n) is 10.9. The maximum atomic E-state index is 12.3. The fraction of sp³-hybridized carbons (Fsp3) is 0.200. The van der Waals surface area contributed by atoms with Crippen molar-refractivity contribution in [3.05, 3.63) is 48.8 Å². The maximum absolute atomic E-state index is 12.3. The molecule has 1 aliphatic rings. The first-order chi connectivity index (χ1) is 9.75. The number of carbonyl (C=O) groups is 1. The lowest BCUT2D eigenvalue weighted by Crippen LogP contribution is -2.50. The Labute approximate surface area is 117 Å². The summed E-state index contributed by atoms with van der Waals surface area (Å²) >= 11 is 0. The summed E-state index contributed by atoms with van der Waals surface area (Å²) in [5, 5.41) is 9.85. The van der Waals surface area contributed by atoms with E-state index in [0.29, 0.717) is 18.8 Å². The highest BCUT2D eigenvalue weighted by Gasteiger charge is 2.26. The zero-order valence-corrected chi connectivity index (χ0v) is 10.9. The summed E-state index contributed by atoms with van der Waals surface area (Å²) in [5.41, 5.74) is 1.57. The Morgan fingerprint density at radius 2 is 1.80 bits per heavy atom. The van der Waals surface area contributed by atoms with E-state index in [1.165, 1.54) is 0 Å². The second-order valence-corrected chi connectivity index (χ2v) is 4.66. The third-order valence-electron chi connectivity index (χ3n) is 3.42. The Kier molecular flexibility index (Phi) is 3.25. The van der Waals surface area contributed by atoms with Gasteiger partial charge in [0.2, 0.25) is 5.91 Å². The first-order valence-electron chi connectivity index (χ1n) is 6.49. The van der Waals surface area contributed by atoms with E-state index in [0.717, 1.165) is 12.2 Å². The second kappa shape index (κ2) is 5.21. The minimum Gasteiger partial charge on any atom is -0.506 e. The van der Waals surface area contributed by atoms with Crippen LogP contribution in [0.2, 0.25) is 0 Å². The maximum Gasteiger partial charge on any atom is 0.246 e. The van der Waals surface area contributed by atoms with Gasteiger partial charge in [0.05, 0.1) is 12.2 Å². The smallest absolute Gasteiger partial charge is 0.246 e. The highest BCUT2D eigenvalue weighted by molar-refractivity contribution is 5.98. The van der Waals surface area contributed by atoms with Gasteiger partial charge in [-0.1, -0.05) is 12.1 Å². The van der Waals surface area contributed by atoms with Crippen LogP contribution in [0, 0.1) is 0 Å². The number of hydrogen-bond donors (Lipinski definition) is 1. The van der Waals surface area contributed by atoms with Crippen LogP contribution in [0.1, 0.15) is 0 Å². The topological polar surface area (TPSA) is 56.7 Å². The average Bonchev–Trinajstić information content (AvgIpc) is 2.49.